The molecule has 6 nitrogen and oxygen atoms in total. The van der Waals surface area contributed by atoms with E-state index >= 15 is 0 Å². The second-order valence-corrected chi connectivity index (χ2v) is 5.24. The molecule has 0 aromatic heterocycles. The largest absolute Gasteiger partial charge is 0.481 e. The number of unbranched alkanes of at least 4 members (excludes halogenated alkanes) is 1. The zero-order valence-corrected chi connectivity index (χ0v) is 13.2. The third-order valence-corrected chi connectivity index (χ3v) is 3.36. The van der Waals surface area contributed by atoms with Gasteiger partial charge in [0.25, 0.3) is 0 Å². The minimum absolute atomic E-state index is 0.0134. The number of hydrogen-bond donors (Lipinski definition) is 2. The Hall–Kier alpha value is -1.30. The van der Waals surface area contributed by atoms with Crippen molar-refractivity contribution in [2.24, 2.45) is 0 Å². The van der Waals surface area contributed by atoms with E-state index in [4.69, 9.17) is 5.11 Å². The molecule has 2 amide bonds. The van der Waals surface area contributed by atoms with E-state index < -0.39 is 5.97 Å². The van der Waals surface area contributed by atoms with Crippen molar-refractivity contribution in [3.63, 3.8) is 0 Å². The maximum absolute atomic E-state index is 11.8. The van der Waals surface area contributed by atoms with Crippen molar-refractivity contribution >= 4 is 12.0 Å². The number of hydrogen-bond acceptors (Lipinski definition) is 3. The maximum atomic E-state index is 11.8. The first kappa shape index (κ1) is 18.7. The van der Waals surface area contributed by atoms with Crippen molar-refractivity contribution in [2.75, 3.05) is 33.2 Å². The number of urea groups is 1. The summed E-state index contributed by atoms with van der Waals surface area (Å²) in [7, 11) is 2.09. The van der Waals surface area contributed by atoms with Gasteiger partial charge < -0.3 is 20.2 Å². The van der Waals surface area contributed by atoms with E-state index in [-0.39, 0.29) is 19.0 Å². The van der Waals surface area contributed by atoms with Crippen LogP contribution in [0.25, 0.3) is 0 Å². The molecule has 0 heterocycles. The molecule has 2 N–H and O–H groups in total. The topological polar surface area (TPSA) is 72.9 Å². The fraction of sp³-hybridized carbons (Fsp3) is 0.857. The number of nitrogens with zero attached hydrogens (tertiary/aromatic N) is 2. The SMILES string of the molecule is CCN(CCC(=O)O)C(=O)NCCCCN(C)C(C)C. The summed E-state index contributed by atoms with van der Waals surface area (Å²) in [5.74, 6) is -0.882. The molecule has 0 spiro atoms. The number of aliphatic carboxylic acids is 1. The van der Waals surface area contributed by atoms with Crippen LogP contribution in [-0.2, 0) is 4.79 Å². The predicted molar refractivity (Wildman–Crippen MR) is 79.9 cm³/mol. The summed E-state index contributed by atoms with van der Waals surface area (Å²) >= 11 is 0. The highest BCUT2D eigenvalue weighted by atomic mass is 16.4. The van der Waals surface area contributed by atoms with Crippen molar-refractivity contribution in [1.29, 1.82) is 0 Å². The number of carbonyl (C=O) groups is 2. The first-order valence-corrected chi connectivity index (χ1v) is 7.33. The van der Waals surface area contributed by atoms with Crippen LogP contribution in [0.1, 0.15) is 40.0 Å². The van der Waals surface area contributed by atoms with Gasteiger partial charge in [0, 0.05) is 25.7 Å². The molecule has 0 aliphatic heterocycles. The highest BCUT2D eigenvalue weighted by Gasteiger charge is 2.12. The first-order valence-electron chi connectivity index (χ1n) is 7.33. The summed E-state index contributed by atoms with van der Waals surface area (Å²) in [5, 5.41) is 11.5. The Kier molecular flexibility index (Phi) is 9.80. The van der Waals surface area contributed by atoms with Crippen LogP contribution in [0, 0.1) is 0 Å². The third kappa shape index (κ3) is 8.74. The van der Waals surface area contributed by atoms with Gasteiger partial charge in [0.05, 0.1) is 6.42 Å². The minimum Gasteiger partial charge on any atom is -0.481 e. The van der Waals surface area contributed by atoms with Crippen LogP contribution >= 0.6 is 0 Å². The molecule has 20 heavy (non-hydrogen) atoms. The highest BCUT2D eigenvalue weighted by Crippen LogP contribution is 1.98. The van der Waals surface area contributed by atoms with Crippen molar-refractivity contribution < 1.29 is 14.7 Å². The second-order valence-electron chi connectivity index (χ2n) is 5.24. The Morgan fingerprint density at radius 3 is 2.35 bits per heavy atom. The zero-order valence-electron chi connectivity index (χ0n) is 13.2. The summed E-state index contributed by atoms with van der Waals surface area (Å²) in [4.78, 5) is 26.1. The molecular weight excluding hydrogens is 258 g/mol. The van der Waals surface area contributed by atoms with E-state index in [0.717, 1.165) is 19.4 Å². The summed E-state index contributed by atoms with van der Waals surface area (Å²) in [6.45, 7) is 8.59. The molecule has 0 aliphatic carbocycles. The van der Waals surface area contributed by atoms with Crippen LogP contribution in [0.15, 0.2) is 0 Å². The number of rotatable bonds is 10. The molecule has 0 unspecified atom stereocenters. The average molecular weight is 287 g/mol. The lowest BCUT2D eigenvalue weighted by molar-refractivity contribution is -0.137. The Balaban J connectivity index is 3.77. The Morgan fingerprint density at radius 2 is 1.85 bits per heavy atom. The van der Waals surface area contributed by atoms with Gasteiger partial charge in [0.1, 0.15) is 0 Å². The molecular formula is C14H29N3O3. The lowest BCUT2D eigenvalue weighted by atomic mass is 10.2. The summed E-state index contributed by atoms with van der Waals surface area (Å²) < 4.78 is 0. The van der Waals surface area contributed by atoms with E-state index in [1.807, 2.05) is 6.92 Å². The van der Waals surface area contributed by atoms with E-state index in [0.29, 0.717) is 19.1 Å². The van der Waals surface area contributed by atoms with Crippen LogP contribution in [0.5, 0.6) is 0 Å². The maximum Gasteiger partial charge on any atom is 0.317 e. The summed E-state index contributed by atoms with van der Waals surface area (Å²) in [6.07, 6.45) is 1.95. The summed E-state index contributed by atoms with van der Waals surface area (Å²) in [5.41, 5.74) is 0. The molecule has 0 rings (SSSR count). The number of amides is 2. The van der Waals surface area contributed by atoms with E-state index in [1.165, 1.54) is 4.90 Å². The van der Waals surface area contributed by atoms with Gasteiger partial charge in [-0.2, -0.15) is 0 Å². The van der Waals surface area contributed by atoms with Crippen molar-refractivity contribution in [3.05, 3.63) is 0 Å². The lowest BCUT2D eigenvalue weighted by Crippen LogP contribution is -2.41. The van der Waals surface area contributed by atoms with Crippen LogP contribution in [0.4, 0.5) is 4.79 Å². The third-order valence-electron chi connectivity index (χ3n) is 3.36. The van der Waals surface area contributed by atoms with E-state index in [2.05, 4.69) is 31.1 Å². The fourth-order valence-corrected chi connectivity index (χ4v) is 1.69. The second kappa shape index (κ2) is 10.5. The minimum atomic E-state index is -0.882. The fourth-order valence-electron chi connectivity index (χ4n) is 1.69. The molecule has 0 aliphatic rings. The Bertz CT molecular complexity index is 295. The van der Waals surface area contributed by atoms with Crippen molar-refractivity contribution in [3.8, 4) is 0 Å². The lowest BCUT2D eigenvalue weighted by Gasteiger charge is -2.22. The van der Waals surface area contributed by atoms with Gasteiger partial charge in [0.15, 0.2) is 0 Å². The number of nitrogens with one attached hydrogen (secondary N) is 1. The summed E-state index contributed by atoms with van der Waals surface area (Å²) in [6, 6.07) is 0.363. The normalized spacial score (nSPS) is 10.9. The number of carboxylic acids is 1. The Morgan fingerprint density at radius 1 is 1.20 bits per heavy atom. The number of carboxylic acid groups (broad SMARTS) is 1. The molecule has 6 heteroatoms. The predicted octanol–water partition coefficient (Wildman–Crippen LogP) is 1.61. The van der Waals surface area contributed by atoms with Gasteiger partial charge in [-0.25, -0.2) is 4.79 Å². The molecule has 0 bridgehead atoms. The molecule has 0 fully saturated rings. The van der Waals surface area contributed by atoms with Crippen molar-refractivity contribution in [2.45, 2.75) is 46.1 Å². The molecule has 118 valence electrons. The molecule has 0 saturated carbocycles. The molecule has 0 radical (unpaired) electrons. The van der Waals surface area contributed by atoms with Crippen molar-refractivity contribution in [1.82, 2.24) is 15.1 Å². The van der Waals surface area contributed by atoms with Gasteiger partial charge in [0.2, 0.25) is 0 Å². The van der Waals surface area contributed by atoms with E-state index in [9.17, 15) is 9.59 Å². The van der Waals surface area contributed by atoms with Gasteiger partial charge in [-0.15, -0.1) is 0 Å². The number of carbonyl (C=O) groups excluding carboxylic acids is 1. The first-order chi connectivity index (χ1) is 9.38. The standard InChI is InChI=1S/C14H29N3O3/c1-5-17(11-8-13(18)19)14(20)15-9-6-7-10-16(4)12(2)3/h12H,5-11H2,1-4H3,(H,15,20)(H,18,19). The molecule has 0 saturated heterocycles. The van der Waals surface area contributed by atoms with Gasteiger partial charge in [-0.05, 0) is 47.2 Å². The quantitative estimate of drug-likeness (QED) is 0.599. The smallest absolute Gasteiger partial charge is 0.317 e. The molecule has 0 atom stereocenters. The average Bonchev–Trinajstić information content (AvgIpc) is 2.38. The van der Waals surface area contributed by atoms with E-state index in [1.54, 1.807) is 0 Å². The molecule has 0 aromatic carbocycles. The van der Waals surface area contributed by atoms with Crippen LogP contribution in [0.2, 0.25) is 0 Å². The van der Waals surface area contributed by atoms with Gasteiger partial charge >= 0.3 is 12.0 Å². The molecule has 0 aromatic rings. The van der Waals surface area contributed by atoms with Crippen LogP contribution < -0.4 is 5.32 Å². The van der Waals surface area contributed by atoms with Crippen LogP contribution in [0.3, 0.4) is 0 Å². The van der Waals surface area contributed by atoms with Gasteiger partial charge in [-0.3, -0.25) is 4.79 Å². The highest BCUT2D eigenvalue weighted by molar-refractivity contribution is 5.75. The monoisotopic (exact) mass is 287 g/mol. The van der Waals surface area contributed by atoms with Gasteiger partial charge in [-0.1, -0.05) is 0 Å². The van der Waals surface area contributed by atoms with Crippen LogP contribution in [-0.4, -0.2) is 66.2 Å². The Labute approximate surface area is 122 Å². The zero-order chi connectivity index (χ0) is 15.5.